The first kappa shape index (κ1) is 29.3. The number of hydrogen-bond donors (Lipinski definition) is 1. The molecule has 0 bridgehead atoms. The number of benzene rings is 2. The Morgan fingerprint density at radius 3 is 2.29 bits per heavy atom. The van der Waals surface area contributed by atoms with Crippen LogP contribution in [0.5, 0.6) is 5.75 Å². The summed E-state index contributed by atoms with van der Waals surface area (Å²) in [4.78, 5) is 17.3. The Hall–Kier alpha value is -3.18. The predicted molar refractivity (Wildman–Crippen MR) is 155 cm³/mol. The SMILES string of the molecule is COc1cc(C)c(S(=O)(=O)N(Cc2cc(C(=O)N(C)Cc3ccc(CN4CCC(O)C4)cc3)co2)C2CC2)c(C)c1. The average molecular weight is 582 g/mol. The smallest absolute Gasteiger partial charge is 0.257 e. The molecule has 1 unspecified atom stereocenters. The summed E-state index contributed by atoms with van der Waals surface area (Å²) >= 11 is 0. The van der Waals surface area contributed by atoms with Crippen LogP contribution in [0.2, 0.25) is 0 Å². The highest BCUT2D eigenvalue weighted by atomic mass is 32.2. The van der Waals surface area contributed by atoms with Crippen molar-refractivity contribution in [3.05, 3.63) is 82.3 Å². The van der Waals surface area contributed by atoms with Gasteiger partial charge in [0.25, 0.3) is 5.91 Å². The van der Waals surface area contributed by atoms with Crippen LogP contribution in [0, 0.1) is 13.8 Å². The Balaban J connectivity index is 1.24. The molecule has 220 valence electrons. The van der Waals surface area contributed by atoms with E-state index in [1.54, 1.807) is 51.1 Å². The zero-order chi connectivity index (χ0) is 29.3. The molecule has 41 heavy (non-hydrogen) atoms. The summed E-state index contributed by atoms with van der Waals surface area (Å²) in [5.74, 6) is 0.851. The first-order valence-electron chi connectivity index (χ1n) is 14.0. The van der Waals surface area contributed by atoms with E-state index in [1.165, 1.54) is 16.1 Å². The molecular formula is C31H39N3O6S. The topological polar surface area (TPSA) is 104 Å². The van der Waals surface area contributed by atoms with Gasteiger partial charge in [-0.1, -0.05) is 24.3 Å². The molecule has 5 rings (SSSR count). The number of carbonyl (C=O) groups is 1. The molecule has 1 aliphatic carbocycles. The second kappa shape index (κ2) is 12.0. The molecule has 0 spiro atoms. The summed E-state index contributed by atoms with van der Waals surface area (Å²) in [6.07, 6.45) is 3.57. The molecule has 2 aromatic carbocycles. The zero-order valence-corrected chi connectivity index (χ0v) is 25.0. The molecule has 3 aromatic rings. The molecule has 1 saturated heterocycles. The molecule has 1 N–H and O–H groups in total. The number of nitrogens with zero attached hydrogens (tertiary/aromatic N) is 3. The summed E-state index contributed by atoms with van der Waals surface area (Å²) < 4.78 is 40.1. The van der Waals surface area contributed by atoms with Gasteiger partial charge in [-0.15, -0.1) is 0 Å². The van der Waals surface area contributed by atoms with Gasteiger partial charge < -0.3 is 19.2 Å². The van der Waals surface area contributed by atoms with E-state index in [1.807, 2.05) is 12.1 Å². The fraction of sp³-hybridized carbons (Fsp3) is 0.452. The van der Waals surface area contributed by atoms with Crippen molar-refractivity contribution in [2.75, 3.05) is 27.2 Å². The van der Waals surface area contributed by atoms with Gasteiger partial charge in [0, 0.05) is 39.3 Å². The molecule has 2 fully saturated rings. The third-order valence-electron chi connectivity index (χ3n) is 7.85. The van der Waals surface area contributed by atoms with Gasteiger partial charge in [0.1, 0.15) is 17.8 Å². The Kier molecular flexibility index (Phi) is 8.56. The van der Waals surface area contributed by atoms with Crippen LogP contribution in [0.4, 0.5) is 0 Å². The van der Waals surface area contributed by atoms with Gasteiger partial charge in [-0.05, 0) is 73.6 Å². The zero-order valence-electron chi connectivity index (χ0n) is 24.2. The van der Waals surface area contributed by atoms with E-state index in [0.29, 0.717) is 41.3 Å². The number of hydrogen-bond acceptors (Lipinski definition) is 7. The number of likely N-dealkylation sites (tertiary alicyclic amines) is 1. The van der Waals surface area contributed by atoms with E-state index in [2.05, 4.69) is 17.0 Å². The molecule has 1 amide bonds. The standard InChI is InChI=1S/C31H39N3O6S/c1-21-13-28(39-4)14-22(2)30(21)41(37,38)34(26-9-10-26)19-29-15-25(20-40-29)31(36)32(3)16-23-5-7-24(8-6-23)17-33-12-11-27(35)18-33/h5-8,13-15,20,26-27,35H,9-12,16-19H2,1-4H3. The van der Waals surface area contributed by atoms with E-state index in [4.69, 9.17) is 9.15 Å². The van der Waals surface area contributed by atoms with E-state index >= 15 is 0 Å². The highest BCUT2D eigenvalue weighted by Gasteiger charge is 2.40. The van der Waals surface area contributed by atoms with E-state index in [9.17, 15) is 18.3 Å². The number of aryl methyl sites for hydroxylation is 2. The summed E-state index contributed by atoms with van der Waals surface area (Å²) in [5.41, 5.74) is 3.83. The van der Waals surface area contributed by atoms with Crippen LogP contribution in [0.15, 0.2) is 58.0 Å². The Bertz CT molecular complexity index is 1470. The van der Waals surface area contributed by atoms with Gasteiger partial charge in [0.05, 0.1) is 30.2 Å². The van der Waals surface area contributed by atoms with Gasteiger partial charge >= 0.3 is 0 Å². The number of sulfonamides is 1. The summed E-state index contributed by atoms with van der Waals surface area (Å²) in [7, 11) is -0.496. The van der Waals surface area contributed by atoms with Crippen LogP contribution in [-0.2, 0) is 29.7 Å². The Labute approximate surface area is 242 Å². The highest BCUT2D eigenvalue weighted by molar-refractivity contribution is 7.89. The fourth-order valence-corrected chi connectivity index (χ4v) is 7.65. The van der Waals surface area contributed by atoms with Crippen molar-refractivity contribution in [2.45, 2.75) is 69.8 Å². The molecule has 2 aliphatic rings. The first-order chi connectivity index (χ1) is 19.5. The number of furan rings is 1. The largest absolute Gasteiger partial charge is 0.497 e. The number of carbonyl (C=O) groups excluding carboxylic acids is 1. The predicted octanol–water partition coefficient (Wildman–Crippen LogP) is 4.10. The molecule has 0 radical (unpaired) electrons. The average Bonchev–Trinajstić information content (AvgIpc) is 3.51. The van der Waals surface area contributed by atoms with Crippen molar-refractivity contribution in [1.29, 1.82) is 0 Å². The van der Waals surface area contributed by atoms with Crippen molar-refractivity contribution in [1.82, 2.24) is 14.1 Å². The van der Waals surface area contributed by atoms with Gasteiger partial charge in [0.2, 0.25) is 10.0 Å². The third-order valence-corrected chi connectivity index (χ3v) is 10.1. The second-order valence-electron chi connectivity index (χ2n) is 11.3. The van der Waals surface area contributed by atoms with Gasteiger partial charge in [-0.3, -0.25) is 9.69 Å². The molecule has 1 atom stereocenters. The van der Waals surface area contributed by atoms with Crippen LogP contribution in [0.3, 0.4) is 0 Å². The van der Waals surface area contributed by atoms with Crippen molar-refractivity contribution in [2.24, 2.45) is 0 Å². The molecule has 1 aliphatic heterocycles. The minimum atomic E-state index is -3.80. The van der Waals surface area contributed by atoms with Crippen molar-refractivity contribution < 1.29 is 27.5 Å². The van der Waals surface area contributed by atoms with Crippen LogP contribution in [-0.4, -0.2) is 72.9 Å². The van der Waals surface area contributed by atoms with E-state index < -0.39 is 10.0 Å². The number of rotatable bonds is 11. The molecule has 9 nitrogen and oxygen atoms in total. The summed E-state index contributed by atoms with van der Waals surface area (Å²) in [6.45, 7) is 6.45. The maximum absolute atomic E-state index is 13.8. The van der Waals surface area contributed by atoms with Gasteiger partial charge in [-0.25, -0.2) is 8.42 Å². The summed E-state index contributed by atoms with van der Waals surface area (Å²) in [5, 5.41) is 9.74. The molecule has 1 saturated carbocycles. The first-order valence-corrected chi connectivity index (χ1v) is 15.5. The number of methoxy groups -OCH3 is 1. The van der Waals surface area contributed by atoms with Gasteiger partial charge in [-0.2, -0.15) is 4.31 Å². The number of aliphatic hydroxyl groups excluding tert-OH is 1. The Morgan fingerprint density at radius 1 is 1.05 bits per heavy atom. The number of amides is 1. The maximum atomic E-state index is 13.8. The summed E-state index contributed by atoms with van der Waals surface area (Å²) in [6, 6.07) is 13.2. The van der Waals surface area contributed by atoms with Crippen LogP contribution in [0.1, 0.15) is 57.6 Å². The Morgan fingerprint density at radius 2 is 1.71 bits per heavy atom. The van der Waals surface area contributed by atoms with Crippen LogP contribution < -0.4 is 4.74 Å². The molecular weight excluding hydrogens is 542 g/mol. The number of β-amino-alcohol motifs (C(OH)–C–C–N with tert-alkyl or cyclic N) is 1. The van der Waals surface area contributed by atoms with Gasteiger partial charge in [0.15, 0.2) is 0 Å². The highest BCUT2D eigenvalue weighted by Crippen LogP contribution is 2.36. The lowest BCUT2D eigenvalue weighted by atomic mass is 10.1. The monoisotopic (exact) mass is 581 g/mol. The minimum absolute atomic E-state index is 0.0599. The van der Waals surface area contributed by atoms with Crippen LogP contribution >= 0.6 is 0 Å². The number of aliphatic hydroxyl groups is 1. The lowest BCUT2D eigenvalue weighted by Crippen LogP contribution is -2.33. The fourth-order valence-electron chi connectivity index (χ4n) is 5.58. The van der Waals surface area contributed by atoms with E-state index in [0.717, 1.165) is 37.9 Å². The maximum Gasteiger partial charge on any atom is 0.257 e. The molecule has 2 heterocycles. The molecule has 10 heteroatoms. The number of ether oxygens (including phenoxy) is 1. The van der Waals surface area contributed by atoms with E-state index in [-0.39, 0.29) is 29.5 Å². The third kappa shape index (κ3) is 6.67. The normalized spacial score (nSPS) is 17.8. The minimum Gasteiger partial charge on any atom is -0.497 e. The van der Waals surface area contributed by atoms with Crippen molar-refractivity contribution >= 4 is 15.9 Å². The lowest BCUT2D eigenvalue weighted by molar-refractivity contribution is 0.0784. The second-order valence-corrected chi connectivity index (χ2v) is 13.2. The lowest BCUT2D eigenvalue weighted by Gasteiger charge is -2.23. The van der Waals surface area contributed by atoms with Crippen LogP contribution in [0.25, 0.3) is 0 Å². The van der Waals surface area contributed by atoms with Crippen molar-refractivity contribution in [3.8, 4) is 5.75 Å². The van der Waals surface area contributed by atoms with Crippen molar-refractivity contribution in [3.63, 3.8) is 0 Å². The quantitative estimate of drug-likeness (QED) is 0.364. The molecule has 1 aromatic heterocycles.